The molecule has 0 atom stereocenters. The number of nitrogens with one attached hydrogen (secondary N) is 1. The van der Waals surface area contributed by atoms with Crippen molar-refractivity contribution in [1.82, 2.24) is 4.57 Å². The van der Waals surface area contributed by atoms with Crippen LogP contribution in [0.15, 0.2) is 64.4 Å². The fraction of sp³-hybridized carbons (Fsp3) is 0.227. The van der Waals surface area contributed by atoms with E-state index < -0.39 is 21.6 Å². The zero-order valence-electron chi connectivity index (χ0n) is 16.6. The van der Waals surface area contributed by atoms with Crippen LogP contribution in [0.5, 0.6) is 0 Å². The highest BCUT2D eigenvalue weighted by molar-refractivity contribution is 7.91. The van der Waals surface area contributed by atoms with Crippen molar-refractivity contribution >= 4 is 21.6 Å². The Kier molecular flexibility index (Phi) is 5.88. The first-order chi connectivity index (χ1) is 13.8. The van der Waals surface area contributed by atoms with Gasteiger partial charge in [0.1, 0.15) is 16.5 Å². The molecule has 0 aliphatic carbocycles. The van der Waals surface area contributed by atoms with Crippen LogP contribution in [0.25, 0.3) is 0 Å². The van der Waals surface area contributed by atoms with Gasteiger partial charge in [-0.15, -0.1) is 0 Å². The fourth-order valence-electron chi connectivity index (χ4n) is 3.29. The van der Waals surface area contributed by atoms with Gasteiger partial charge < -0.3 is 9.88 Å². The molecule has 1 aromatic heterocycles. The number of carbonyl (C=O) groups excluding carboxylic acids is 1. The largest absolute Gasteiger partial charge is 0.331 e. The SMILES string of the molecule is CCCn1c(C)c(C)c(S(=O)(=O)c2ccccc2)c1NC(=O)c1ccc(F)cc1. The van der Waals surface area contributed by atoms with E-state index in [-0.39, 0.29) is 21.2 Å². The maximum Gasteiger partial charge on any atom is 0.256 e. The zero-order valence-corrected chi connectivity index (χ0v) is 17.4. The number of amides is 1. The first-order valence-corrected chi connectivity index (χ1v) is 10.8. The van der Waals surface area contributed by atoms with Gasteiger partial charge in [-0.1, -0.05) is 25.1 Å². The van der Waals surface area contributed by atoms with E-state index in [4.69, 9.17) is 0 Å². The smallest absolute Gasteiger partial charge is 0.256 e. The third-order valence-electron chi connectivity index (χ3n) is 4.88. The molecule has 152 valence electrons. The van der Waals surface area contributed by atoms with E-state index in [0.717, 1.165) is 12.1 Å². The molecular formula is C22H23FN2O3S. The summed E-state index contributed by atoms with van der Waals surface area (Å²) in [5.41, 5.74) is 1.61. The number of sulfone groups is 1. The summed E-state index contributed by atoms with van der Waals surface area (Å²) in [4.78, 5) is 13.0. The van der Waals surface area contributed by atoms with Gasteiger partial charge in [0.25, 0.3) is 5.91 Å². The molecule has 0 aliphatic heterocycles. The summed E-state index contributed by atoms with van der Waals surface area (Å²) in [7, 11) is -3.85. The Morgan fingerprint density at radius 2 is 1.66 bits per heavy atom. The van der Waals surface area contributed by atoms with Crippen LogP contribution >= 0.6 is 0 Å². The highest BCUT2D eigenvalue weighted by atomic mass is 32.2. The lowest BCUT2D eigenvalue weighted by Gasteiger charge is -2.14. The van der Waals surface area contributed by atoms with Crippen LogP contribution in [0, 0.1) is 19.7 Å². The third kappa shape index (κ3) is 3.96. The first-order valence-electron chi connectivity index (χ1n) is 9.34. The molecule has 1 amide bonds. The molecule has 2 aromatic carbocycles. The fourth-order valence-corrected chi connectivity index (χ4v) is 5.01. The van der Waals surface area contributed by atoms with Crippen LogP contribution in [0.1, 0.15) is 35.0 Å². The average Bonchev–Trinajstić information content (AvgIpc) is 2.94. The Balaban J connectivity index is 2.15. The van der Waals surface area contributed by atoms with Crippen molar-refractivity contribution in [3.63, 3.8) is 0 Å². The van der Waals surface area contributed by atoms with Crippen LogP contribution in [0.2, 0.25) is 0 Å². The highest BCUT2D eigenvalue weighted by Gasteiger charge is 2.30. The molecule has 7 heteroatoms. The topological polar surface area (TPSA) is 68.2 Å². The second kappa shape index (κ2) is 8.21. The van der Waals surface area contributed by atoms with Gasteiger partial charge in [-0.2, -0.15) is 0 Å². The zero-order chi connectivity index (χ0) is 21.2. The Labute approximate surface area is 170 Å². The Morgan fingerprint density at radius 3 is 2.24 bits per heavy atom. The molecule has 3 aromatic rings. The predicted molar refractivity (Wildman–Crippen MR) is 110 cm³/mol. The van der Waals surface area contributed by atoms with E-state index in [1.54, 1.807) is 25.1 Å². The second-order valence-electron chi connectivity index (χ2n) is 6.82. The van der Waals surface area contributed by atoms with Crippen LogP contribution in [-0.4, -0.2) is 18.9 Å². The van der Waals surface area contributed by atoms with Gasteiger partial charge in [0, 0.05) is 17.8 Å². The summed E-state index contributed by atoms with van der Waals surface area (Å²) >= 11 is 0. The van der Waals surface area contributed by atoms with Crippen LogP contribution in [-0.2, 0) is 16.4 Å². The number of halogens is 1. The van der Waals surface area contributed by atoms with Gasteiger partial charge in [0.2, 0.25) is 9.84 Å². The van der Waals surface area contributed by atoms with Crippen molar-refractivity contribution in [2.45, 2.75) is 43.5 Å². The first kappa shape index (κ1) is 20.8. The molecule has 5 nitrogen and oxygen atoms in total. The summed E-state index contributed by atoms with van der Waals surface area (Å²) in [5, 5.41) is 2.76. The summed E-state index contributed by atoms with van der Waals surface area (Å²) in [6.45, 7) is 6.11. The minimum absolute atomic E-state index is 0.0881. The van der Waals surface area contributed by atoms with E-state index in [9.17, 15) is 17.6 Å². The van der Waals surface area contributed by atoms with E-state index in [1.165, 1.54) is 36.4 Å². The lowest BCUT2D eigenvalue weighted by molar-refractivity contribution is 0.102. The predicted octanol–water partition coefficient (Wildman–Crippen LogP) is 4.74. The molecule has 0 unspecified atom stereocenters. The van der Waals surface area contributed by atoms with Crippen molar-refractivity contribution < 1.29 is 17.6 Å². The van der Waals surface area contributed by atoms with Crippen molar-refractivity contribution in [2.75, 3.05) is 5.32 Å². The summed E-state index contributed by atoms with van der Waals surface area (Å²) in [5.74, 6) is -0.709. The molecule has 0 saturated heterocycles. The maximum atomic E-state index is 13.4. The number of benzene rings is 2. The third-order valence-corrected chi connectivity index (χ3v) is 6.81. The minimum atomic E-state index is -3.85. The number of nitrogens with zero attached hydrogens (tertiary/aromatic N) is 1. The molecule has 1 heterocycles. The molecule has 1 N–H and O–H groups in total. The van der Waals surface area contributed by atoms with E-state index in [2.05, 4.69) is 5.32 Å². The molecule has 0 radical (unpaired) electrons. The van der Waals surface area contributed by atoms with E-state index >= 15 is 0 Å². The quantitative estimate of drug-likeness (QED) is 0.633. The Bertz CT molecular complexity index is 1140. The number of aromatic nitrogens is 1. The summed E-state index contributed by atoms with van der Waals surface area (Å²) in [6.07, 6.45) is 0.763. The average molecular weight is 415 g/mol. The number of carbonyl (C=O) groups is 1. The van der Waals surface area contributed by atoms with Crippen molar-refractivity contribution in [3.8, 4) is 0 Å². The molecule has 29 heavy (non-hydrogen) atoms. The number of anilines is 1. The molecule has 0 spiro atoms. The van der Waals surface area contributed by atoms with Crippen molar-refractivity contribution in [2.24, 2.45) is 0 Å². The normalized spacial score (nSPS) is 11.4. The van der Waals surface area contributed by atoms with Crippen molar-refractivity contribution in [1.29, 1.82) is 0 Å². The van der Waals surface area contributed by atoms with Gasteiger partial charge in [0.05, 0.1) is 4.90 Å². The van der Waals surface area contributed by atoms with Crippen molar-refractivity contribution in [3.05, 3.63) is 77.2 Å². The van der Waals surface area contributed by atoms with E-state index in [0.29, 0.717) is 12.1 Å². The minimum Gasteiger partial charge on any atom is -0.331 e. The lowest BCUT2D eigenvalue weighted by Crippen LogP contribution is -2.18. The van der Waals surface area contributed by atoms with E-state index in [1.807, 2.05) is 18.4 Å². The number of hydrogen-bond donors (Lipinski definition) is 1. The van der Waals surface area contributed by atoms with Crippen LogP contribution in [0.4, 0.5) is 10.2 Å². The molecule has 0 fully saturated rings. The lowest BCUT2D eigenvalue weighted by atomic mass is 10.2. The monoisotopic (exact) mass is 414 g/mol. The Hall–Kier alpha value is -2.93. The molecule has 0 bridgehead atoms. The van der Waals surface area contributed by atoms with Gasteiger partial charge in [0.15, 0.2) is 0 Å². The molecule has 3 rings (SSSR count). The van der Waals surface area contributed by atoms with Gasteiger partial charge >= 0.3 is 0 Å². The van der Waals surface area contributed by atoms with Gasteiger partial charge in [-0.25, -0.2) is 12.8 Å². The highest BCUT2D eigenvalue weighted by Crippen LogP contribution is 2.35. The maximum absolute atomic E-state index is 13.4. The van der Waals surface area contributed by atoms with Gasteiger partial charge in [-0.05, 0) is 62.2 Å². The second-order valence-corrected chi connectivity index (χ2v) is 8.70. The summed E-state index contributed by atoms with van der Waals surface area (Å²) in [6, 6.07) is 13.3. The molecular weight excluding hydrogens is 391 g/mol. The molecule has 0 saturated carbocycles. The standard InChI is InChI=1S/C22H23FN2O3S/c1-4-14-25-16(3)15(2)20(29(27,28)19-8-6-5-7-9-19)21(25)24-22(26)17-10-12-18(23)13-11-17/h5-13H,4,14H2,1-3H3,(H,24,26). The molecule has 0 aliphatic rings. The number of hydrogen-bond acceptors (Lipinski definition) is 3. The van der Waals surface area contributed by atoms with Crippen LogP contribution < -0.4 is 5.32 Å². The summed E-state index contributed by atoms with van der Waals surface area (Å²) < 4.78 is 41.8. The Morgan fingerprint density at radius 1 is 1.03 bits per heavy atom. The van der Waals surface area contributed by atoms with Gasteiger partial charge in [-0.3, -0.25) is 4.79 Å². The number of rotatable bonds is 6. The van der Waals surface area contributed by atoms with Crippen LogP contribution in [0.3, 0.4) is 0 Å².